The van der Waals surface area contributed by atoms with Gasteiger partial charge in [-0.3, -0.25) is 0 Å². The van der Waals surface area contributed by atoms with Crippen molar-refractivity contribution in [1.82, 2.24) is 0 Å². The van der Waals surface area contributed by atoms with Crippen molar-refractivity contribution in [3.63, 3.8) is 0 Å². The molecule has 2 aromatic rings. The molecular formula is C13H11Br3S. The van der Waals surface area contributed by atoms with E-state index in [9.17, 15) is 0 Å². The molecule has 0 aliphatic heterocycles. The van der Waals surface area contributed by atoms with Gasteiger partial charge >= 0.3 is 0 Å². The Morgan fingerprint density at radius 2 is 1.82 bits per heavy atom. The van der Waals surface area contributed by atoms with E-state index in [1.54, 1.807) is 0 Å². The maximum atomic E-state index is 3.80. The van der Waals surface area contributed by atoms with E-state index in [0.717, 1.165) is 4.47 Å². The molecule has 1 heterocycles. The molecule has 0 radical (unpaired) electrons. The lowest BCUT2D eigenvalue weighted by Crippen LogP contribution is -1.94. The first-order chi connectivity index (χ1) is 7.99. The third-order valence-corrected chi connectivity index (χ3v) is 6.35. The van der Waals surface area contributed by atoms with Gasteiger partial charge in [-0.15, -0.1) is 11.3 Å². The van der Waals surface area contributed by atoms with Gasteiger partial charge in [-0.1, -0.05) is 37.9 Å². The first-order valence-corrected chi connectivity index (χ1v) is 8.47. The van der Waals surface area contributed by atoms with Gasteiger partial charge in [-0.25, -0.2) is 0 Å². The van der Waals surface area contributed by atoms with Crippen molar-refractivity contribution in [2.45, 2.75) is 18.7 Å². The fraction of sp³-hybridized carbons (Fsp3) is 0.231. The van der Waals surface area contributed by atoms with Crippen molar-refractivity contribution < 1.29 is 0 Å². The predicted molar refractivity (Wildman–Crippen MR) is 86.4 cm³/mol. The van der Waals surface area contributed by atoms with Crippen LogP contribution in [0.3, 0.4) is 0 Å². The fourth-order valence-electron chi connectivity index (χ4n) is 1.74. The number of hydrogen-bond donors (Lipinski definition) is 0. The van der Waals surface area contributed by atoms with Crippen molar-refractivity contribution in [2.24, 2.45) is 0 Å². The van der Waals surface area contributed by atoms with Crippen molar-refractivity contribution in [3.05, 3.63) is 54.1 Å². The summed E-state index contributed by atoms with van der Waals surface area (Å²) in [6.07, 6.45) is 0. The van der Waals surface area contributed by atoms with E-state index in [4.69, 9.17) is 0 Å². The molecule has 1 atom stereocenters. The Morgan fingerprint density at radius 1 is 1.12 bits per heavy atom. The molecule has 0 N–H and O–H groups in total. The lowest BCUT2D eigenvalue weighted by molar-refractivity contribution is 1.17. The molecule has 0 aliphatic rings. The first kappa shape index (κ1) is 13.8. The molecule has 0 bridgehead atoms. The summed E-state index contributed by atoms with van der Waals surface area (Å²) in [5.41, 5.74) is 2.61. The van der Waals surface area contributed by atoms with Gasteiger partial charge in [0.1, 0.15) is 0 Å². The third kappa shape index (κ3) is 3.03. The molecule has 0 saturated carbocycles. The Labute approximate surface area is 131 Å². The van der Waals surface area contributed by atoms with E-state index < -0.39 is 0 Å². The Bertz CT molecular complexity index is 546. The molecule has 90 valence electrons. The highest BCUT2D eigenvalue weighted by atomic mass is 79.9. The van der Waals surface area contributed by atoms with Crippen LogP contribution in [0.5, 0.6) is 0 Å². The molecule has 0 amide bonds. The van der Waals surface area contributed by atoms with Crippen LogP contribution in [-0.4, -0.2) is 0 Å². The van der Waals surface area contributed by atoms with Gasteiger partial charge in [0.15, 0.2) is 0 Å². The number of rotatable bonds is 2. The molecule has 0 aliphatic carbocycles. The zero-order valence-electron chi connectivity index (χ0n) is 9.43. The van der Waals surface area contributed by atoms with Crippen LogP contribution in [0.1, 0.15) is 25.7 Å². The highest BCUT2D eigenvalue weighted by molar-refractivity contribution is 9.11. The quantitative estimate of drug-likeness (QED) is 0.477. The van der Waals surface area contributed by atoms with Gasteiger partial charge in [0.05, 0.1) is 4.83 Å². The molecule has 4 heteroatoms. The molecule has 2 rings (SSSR count). The molecule has 1 aromatic carbocycles. The van der Waals surface area contributed by atoms with E-state index >= 15 is 0 Å². The second-order valence-electron chi connectivity index (χ2n) is 3.93. The van der Waals surface area contributed by atoms with Gasteiger partial charge in [0.2, 0.25) is 0 Å². The molecule has 1 unspecified atom stereocenters. The van der Waals surface area contributed by atoms with Gasteiger partial charge < -0.3 is 0 Å². The van der Waals surface area contributed by atoms with Crippen molar-refractivity contribution >= 4 is 59.1 Å². The van der Waals surface area contributed by atoms with Gasteiger partial charge in [-0.05, 0) is 59.1 Å². The fourth-order valence-corrected chi connectivity index (χ4v) is 5.44. The minimum atomic E-state index is 0.253. The largest absolute Gasteiger partial charge is 0.143 e. The predicted octanol–water partition coefficient (Wildman–Crippen LogP) is 6.37. The smallest absolute Gasteiger partial charge is 0.0752 e. The Kier molecular flexibility index (Phi) is 4.50. The standard InChI is InChI=1S/C13H11Br3S/c1-7-5-9(14)3-4-10(7)12(16)13-11(15)6-8(2)17-13/h3-6,12H,1-2H3. The maximum Gasteiger partial charge on any atom is 0.0752 e. The summed E-state index contributed by atoms with van der Waals surface area (Å²) < 4.78 is 2.31. The molecular weight excluding hydrogens is 428 g/mol. The topological polar surface area (TPSA) is 0 Å². The Balaban J connectivity index is 2.43. The number of benzene rings is 1. The highest BCUT2D eigenvalue weighted by Gasteiger charge is 2.17. The summed E-state index contributed by atoms with van der Waals surface area (Å²) >= 11 is 12.7. The second-order valence-corrected chi connectivity index (χ2v) is 7.91. The summed E-state index contributed by atoms with van der Waals surface area (Å²) in [6, 6.07) is 8.58. The van der Waals surface area contributed by atoms with E-state index in [1.807, 2.05) is 11.3 Å². The van der Waals surface area contributed by atoms with Gasteiger partial charge in [0, 0.05) is 18.7 Å². The van der Waals surface area contributed by atoms with Crippen LogP contribution in [0, 0.1) is 13.8 Å². The Hall–Kier alpha value is 0.360. The van der Waals surface area contributed by atoms with E-state index in [2.05, 4.69) is 85.9 Å². The summed E-state index contributed by atoms with van der Waals surface area (Å²) in [4.78, 5) is 2.91. The maximum absolute atomic E-state index is 3.80. The van der Waals surface area contributed by atoms with E-state index in [1.165, 1.54) is 25.4 Å². The molecule has 17 heavy (non-hydrogen) atoms. The average molecular weight is 439 g/mol. The summed E-state index contributed by atoms with van der Waals surface area (Å²) in [5, 5.41) is 0. The van der Waals surface area contributed by atoms with Crippen LogP contribution < -0.4 is 0 Å². The molecule has 1 aromatic heterocycles. The third-order valence-electron chi connectivity index (χ3n) is 2.57. The van der Waals surface area contributed by atoms with Crippen LogP contribution in [0.4, 0.5) is 0 Å². The zero-order valence-corrected chi connectivity index (χ0v) is 15.0. The van der Waals surface area contributed by atoms with Gasteiger partial charge in [0.25, 0.3) is 0 Å². The minimum Gasteiger partial charge on any atom is -0.143 e. The van der Waals surface area contributed by atoms with Crippen LogP contribution >= 0.6 is 59.1 Å². The van der Waals surface area contributed by atoms with E-state index in [-0.39, 0.29) is 4.83 Å². The zero-order chi connectivity index (χ0) is 12.6. The molecule has 0 spiro atoms. The summed E-state index contributed by atoms with van der Waals surface area (Å²) in [7, 11) is 0. The van der Waals surface area contributed by atoms with Crippen LogP contribution in [-0.2, 0) is 0 Å². The SMILES string of the molecule is Cc1cc(Br)c(C(Br)c2ccc(Br)cc2C)s1. The average Bonchev–Trinajstić information content (AvgIpc) is 2.57. The Morgan fingerprint density at radius 3 is 2.35 bits per heavy atom. The summed E-state index contributed by atoms with van der Waals surface area (Å²) in [5.74, 6) is 0. The van der Waals surface area contributed by atoms with Crippen molar-refractivity contribution in [3.8, 4) is 0 Å². The minimum absolute atomic E-state index is 0.253. The number of hydrogen-bond acceptors (Lipinski definition) is 1. The highest BCUT2D eigenvalue weighted by Crippen LogP contribution is 2.41. The number of alkyl halides is 1. The van der Waals surface area contributed by atoms with Gasteiger partial charge in [-0.2, -0.15) is 0 Å². The second kappa shape index (κ2) is 5.55. The van der Waals surface area contributed by atoms with Crippen molar-refractivity contribution in [1.29, 1.82) is 0 Å². The lowest BCUT2D eigenvalue weighted by atomic mass is 10.1. The van der Waals surface area contributed by atoms with Crippen LogP contribution in [0.15, 0.2) is 33.2 Å². The molecule has 0 fully saturated rings. The molecule has 0 saturated heterocycles. The number of halogens is 3. The van der Waals surface area contributed by atoms with Crippen LogP contribution in [0.2, 0.25) is 0 Å². The molecule has 0 nitrogen and oxygen atoms in total. The van der Waals surface area contributed by atoms with Crippen LogP contribution in [0.25, 0.3) is 0 Å². The van der Waals surface area contributed by atoms with E-state index in [0.29, 0.717) is 0 Å². The normalized spacial score (nSPS) is 12.8. The monoisotopic (exact) mass is 436 g/mol. The summed E-state index contributed by atoms with van der Waals surface area (Å²) in [6.45, 7) is 4.27. The lowest BCUT2D eigenvalue weighted by Gasteiger charge is -2.12. The number of aryl methyl sites for hydroxylation is 2. The van der Waals surface area contributed by atoms with Crippen molar-refractivity contribution in [2.75, 3.05) is 0 Å². The number of thiophene rings is 1. The first-order valence-electron chi connectivity index (χ1n) is 5.15.